The SMILES string of the molecule is Nc1nc2c(cnn2CCN2CCN(c3cc(O[C@@H]4CCNC4=O)c(F)cc3F)CC2)c2cc(-c3ccco3)nn12. The number of ether oxygens (including phenoxy) is 1. The smallest absolute Gasteiger partial charge is 0.261 e. The predicted octanol–water partition coefficient (Wildman–Crippen LogP) is 2.29. The van der Waals surface area contributed by atoms with Gasteiger partial charge in [0.2, 0.25) is 5.95 Å². The van der Waals surface area contributed by atoms with Crippen molar-refractivity contribution in [3.05, 3.63) is 54.4 Å². The van der Waals surface area contributed by atoms with E-state index in [0.717, 1.165) is 17.0 Å². The quantitative estimate of drug-likeness (QED) is 0.306. The Kier molecular flexibility index (Phi) is 6.18. The van der Waals surface area contributed by atoms with Crippen LogP contribution in [-0.4, -0.2) is 80.6 Å². The lowest BCUT2D eigenvalue weighted by atomic mass is 10.2. The number of hydrogen-bond acceptors (Lipinski definition) is 9. The van der Waals surface area contributed by atoms with E-state index >= 15 is 0 Å². The highest BCUT2D eigenvalue weighted by Gasteiger charge is 2.28. The van der Waals surface area contributed by atoms with Crippen molar-refractivity contribution in [1.82, 2.24) is 34.6 Å². The number of fused-ring (bicyclic) bond motifs is 3. The molecule has 0 aliphatic carbocycles. The van der Waals surface area contributed by atoms with Gasteiger partial charge < -0.3 is 25.1 Å². The molecule has 2 fully saturated rings. The van der Waals surface area contributed by atoms with Crippen LogP contribution in [0.2, 0.25) is 0 Å². The lowest BCUT2D eigenvalue weighted by Gasteiger charge is -2.36. The van der Waals surface area contributed by atoms with E-state index in [4.69, 9.17) is 14.9 Å². The summed E-state index contributed by atoms with van der Waals surface area (Å²) >= 11 is 0. The van der Waals surface area contributed by atoms with Crippen molar-refractivity contribution in [2.75, 3.05) is 49.9 Å². The molecule has 5 aromatic rings. The van der Waals surface area contributed by atoms with Gasteiger partial charge in [0, 0.05) is 57.8 Å². The summed E-state index contributed by atoms with van der Waals surface area (Å²) in [5.41, 5.74) is 8.60. The molecule has 2 saturated heterocycles. The number of benzene rings is 1. The van der Waals surface area contributed by atoms with E-state index in [1.165, 1.54) is 6.07 Å². The van der Waals surface area contributed by atoms with Crippen molar-refractivity contribution < 1.29 is 22.7 Å². The zero-order valence-electron chi connectivity index (χ0n) is 22.0. The van der Waals surface area contributed by atoms with E-state index in [1.807, 2.05) is 21.7 Å². The fourth-order valence-electron chi connectivity index (χ4n) is 5.43. The summed E-state index contributed by atoms with van der Waals surface area (Å²) in [5.74, 6) is -1.01. The van der Waals surface area contributed by atoms with Gasteiger partial charge in [-0.25, -0.2) is 13.5 Å². The van der Waals surface area contributed by atoms with Gasteiger partial charge in [0.25, 0.3) is 5.91 Å². The van der Waals surface area contributed by atoms with E-state index in [2.05, 4.69) is 25.4 Å². The molecule has 0 bridgehead atoms. The molecule has 1 amide bonds. The minimum Gasteiger partial charge on any atom is -0.477 e. The van der Waals surface area contributed by atoms with Crippen molar-refractivity contribution in [1.29, 1.82) is 0 Å². The van der Waals surface area contributed by atoms with Gasteiger partial charge in [-0.1, -0.05) is 0 Å². The highest BCUT2D eigenvalue weighted by molar-refractivity contribution is 5.93. The molecular weight excluding hydrogens is 536 g/mol. The number of furan rings is 1. The van der Waals surface area contributed by atoms with E-state index in [1.54, 1.807) is 23.0 Å². The molecule has 41 heavy (non-hydrogen) atoms. The van der Waals surface area contributed by atoms with Crippen molar-refractivity contribution in [2.24, 2.45) is 0 Å². The number of nitrogens with zero attached hydrogens (tertiary/aromatic N) is 7. The number of nitrogens with two attached hydrogens (primary N) is 1. The first-order valence-corrected chi connectivity index (χ1v) is 13.4. The third kappa shape index (κ3) is 4.59. The monoisotopic (exact) mass is 563 g/mol. The van der Waals surface area contributed by atoms with E-state index in [-0.39, 0.29) is 23.3 Å². The number of carbonyl (C=O) groups excluding carboxylic acids is 1. The molecule has 1 aromatic carbocycles. The van der Waals surface area contributed by atoms with Crippen LogP contribution in [-0.2, 0) is 11.3 Å². The Morgan fingerprint density at radius 3 is 2.73 bits per heavy atom. The predicted molar refractivity (Wildman–Crippen MR) is 145 cm³/mol. The second-order valence-electron chi connectivity index (χ2n) is 10.1. The zero-order valence-corrected chi connectivity index (χ0v) is 22.0. The van der Waals surface area contributed by atoms with Gasteiger partial charge in [0.15, 0.2) is 29.1 Å². The second kappa shape index (κ2) is 10.0. The first kappa shape index (κ1) is 25.3. The van der Waals surface area contributed by atoms with Crippen molar-refractivity contribution in [3.63, 3.8) is 0 Å². The average molecular weight is 564 g/mol. The first-order valence-electron chi connectivity index (χ1n) is 13.4. The highest BCUT2D eigenvalue weighted by Crippen LogP contribution is 2.31. The van der Waals surface area contributed by atoms with Gasteiger partial charge in [-0.05, 0) is 18.2 Å². The average Bonchev–Trinajstić information content (AvgIpc) is 3.77. The van der Waals surface area contributed by atoms with Crippen molar-refractivity contribution in [2.45, 2.75) is 19.1 Å². The van der Waals surface area contributed by atoms with Gasteiger partial charge in [0.05, 0.1) is 35.6 Å². The third-order valence-corrected chi connectivity index (χ3v) is 7.62. The van der Waals surface area contributed by atoms with E-state index in [9.17, 15) is 13.6 Å². The summed E-state index contributed by atoms with van der Waals surface area (Å²) in [4.78, 5) is 20.5. The Hall–Kier alpha value is -4.72. The lowest BCUT2D eigenvalue weighted by molar-refractivity contribution is -0.125. The molecule has 4 aromatic heterocycles. The molecule has 2 aliphatic heterocycles. The molecule has 0 radical (unpaired) electrons. The normalized spacial score (nSPS) is 18.0. The van der Waals surface area contributed by atoms with Gasteiger partial charge in [0.1, 0.15) is 11.5 Å². The number of aromatic nitrogens is 5. The molecule has 0 unspecified atom stereocenters. The van der Waals surface area contributed by atoms with Crippen LogP contribution in [0.4, 0.5) is 20.4 Å². The summed E-state index contributed by atoms with van der Waals surface area (Å²) in [7, 11) is 0. The van der Waals surface area contributed by atoms with Crippen LogP contribution >= 0.6 is 0 Å². The van der Waals surface area contributed by atoms with Crippen LogP contribution in [0.25, 0.3) is 28.0 Å². The van der Waals surface area contributed by atoms with Gasteiger partial charge >= 0.3 is 0 Å². The summed E-state index contributed by atoms with van der Waals surface area (Å²) < 4.78 is 43.6. The molecule has 3 N–H and O–H groups in total. The highest BCUT2D eigenvalue weighted by atomic mass is 19.1. The molecule has 7 rings (SSSR count). The largest absolute Gasteiger partial charge is 0.477 e. The number of piperazine rings is 1. The first-order chi connectivity index (χ1) is 19.9. The van der Waals surface area contributed by atoms with E-state index in [0.29, 0.717) is 69.3 Å². The number of hydrogen-bond donors (Lipinski definition) is 2. The maximum atomic E-state index is 14.7. The lowest BCUT2D eigenvalue weighted by Crippen LogP contribution is -2.47. The Morgan fingerprint density at radius 1 is 1.12 bits per heavy atom. The number of anilines is 2. The van der Waals surface area contributed by atoms with Crippen molar-refractivity contribution >= 4 is 34.1 Å². The maximum Gasteiger partial charge on any atom is 0.261 e. The molecule has 2 aliphatic rings. The van der Waals surface area contributed by atoms with E-state index < -0.39 is 17.7 Å². The molecule has 0 saturated carbocycles. The van der Waals surface area contributed by atoms with Gasteiger partial charge in [-0.2, -0.15) is 19.7 Å². The standard InChI is InChI=1S/C27H27F2N9O3/c28-17-12-18(29)24(41-23-3-4-31-26(23)39)14-21(17)36-8-5-35(6-9-36)7-10-37-25-16(15-32-37)20-13-19(22-2-1-11-40-22)34-38(20)27(30)33-25/h1-2,11-15,23H,3-10H2,(H2,30,33)(H,31,39)/t23-/m1/s1. The van der Waals surface area contributed by atoms with Gasteiger partial charge in [-0.3, -0.25) is 9.69 Å². The van der Waals surface area contributed by atoms with Crippen molar-refractivity contribution in [3.8, 4) is 17.2 Å². The summed E-state index contributed by atoms with van der Waals surface area (Å²) in [6.07, 6.45) is 3.02. The van der Waals surface area contributed by atoms with Gasteiger partial charge in [-0.15, -0.1) is 0 Å². The Labute approximate surface area is 232 Å². The fourth-order valence-corrected chi connectivity index (χ4v) is 5.43. The third-order valence-electron chi connectivity index (χ3n) is 7.62. The number of amides is 1. The van der Waals surface area contributed by atoms with Crippen LogP contribution in [0.3, 0.4) is 0 Å². The Bertz CT molecular complexity index is 1740. The zero-order chi connectivity index (χ0) is 28.1. The van der Waals surface area contributed by atoms with Crippen LogP contribution in [0, 0.1) is 11.6 Å². The minimum absolute atomic E-state index is 0.119. The number of rotatable bonds is 7. The maximum absolute atomic E-state index is 14.7. The number of carbonyl (C=O) groups is 1. The molecule has 14 heteroatoms. The fraction of sp³-hybridized carbons (Fsp3) is 0.333. The molecule has 1 atom stereocenters. The van der Waals surface area contributed by atoms with Crippen LogP contribution in [0.5, 0.6) is 5.75 Å². The Morgan fingerprint density at radius 2 is 1.98 bits per heavy atom. The summed E-state index contributed by atoms with van der Waals surface area (Å²) in [6, 6.07) is 7.71. The van der Waals surface area contributed by atoms with Crippen LogP contribution in [0.1, 0.15) is 6.42 Å². The molecule has 6 heterocycles. The topological polar surface area (TPSA) is 132 Å². The number of nitrogen functional groups attached to an aromatic ring is 1. The molecular formula is C27H27F2N9O3. The second-order valence-corrected chi connectivity index (χ2v) is 10.1. The summed E-state index contributed by atoms with van der Waals surface area (Å²) in [6.45, 7) is 4.19. The molecule has 0 spiro atoms. The number of nitrogens with one attached hydrogen (secondary N) is 1. The summed E-state index contributed by atoms with van der Waals surface area (Å²) in [5, 5.41) is 12.6. The number of halogens is 2. The van der Waals surface area contributed by atoms with Crippen LogP contribution < -0.4 is 20.7 Å². The molecule has 12 nitrogen and oxygen atoms in total. The Balaban J connectivity index is 1.02. The molecule has 212 valence electrons. The minimum atomic E-state index is -0.823. The van der Waals surface area contributed by atoms with Crippen LogP contribution in [0.15, 0.2) is 47.2 Å².